The van der Waals surface area contributed by atoms with E-state index in [9.17, 15) is 9.59 Å². The van der Waals surface area contributed by atoms with E-state index in [1.165, 1.54) is 0 Å². The molecule has 0 bridgehead atoms. The van der Waals surface area contributed by atoms with Crippen LogP contribution in [-0.4, -0.2) is 18.9 Å². The minimum absolute atomic E-state index is 0.125. The lowest BCUT2D eigenvalue weighted by Gasteiger charge is -2.13. The predicted molar refractivity (Wildman–Crippen MR) is 89.3 cm³/mol. The van der Waals surface area contributed by atoms with E-state index in [0.29, 0.717) is 29.9 Å². The number of hydrogen-bond acceptors (Lipinski definition) is 4. The third-order valence-electron chi connectivity index (χ3n) is 4.25. The first-order chi connectivity index (χ1) is 11.2. The topological polar surface area (TPSA) is 52.6 Å². The van der Waals surface area contributed by atoms with Gasteiger partial charge in [-0.05, 0) is 43.4 Å². The number of methoxy groups -OCH3 is 1. The number of benzene rings is 1. The Morgan fingerprint density at radius 2 is 1.87 bits per heavy atom. The molecule has 4 nitrogen and oxygen atoms in total. The second-order valence-electron chi connectivity index (χ2n) is 6.08. The third-order valence-corrected chi connectivity index (χ3v) is 4.25. The highest BCUT2D eigenvalue weighted by molar-refractivity contribution is 5.98. The van der Waals surface area contributed by atoms with Crippen LogP contribution in [0.2, 0.25) is 0 Å². The molecule has 0 aliphatic heterocycles. The highest BCUT2D eigenvalue weighted by Gasteiger charge is 2.20. The Kier molecular flexibility index (Phi) is 6.63. The summed E-state index contributed by atoms with van der Waals surface area (Å²) >= 11 is 0. The number of esters is 1. The fourth-order valence-corrected chi connectivity index (χ4v) is 2.91. The van der Waals surface area contributed by atoms with Crippen LogP contribution in [0, 0.1) is 0 Å². The average molecular weight is 318 g/mol. The quantitative estimate of drug-likeness (QED) is 0.322. The Morgan fingerprint density at radius 1 is 1.09 bits per heavy atom. The summed E-state index contributed by atoms with van der Waals surface area (Å²) in [6, 6.07) is 3.53. The molecule has 0 saturated carbocycles. The second-order valence-corrected chi connectivity index (χ2v) is 6.08. The van der Waals surface area contributed by atoms with Crippen LogP contribution < -0.4 is 9.47 Å². The minimum atomic E-state index is -0.263. The van der Waals surface area contributed by atoms with Crippen LogP contribution in [0.15, 0.2) is 12.1 Å². The molecule has 1 aromatic rings. The van der Waals surface area contributed by atoms with Crippen molar-refractivity contribution in [2.24, 2.45) is 0 Å². The Hall–Kier alpha value is -1.84. The van der Waals surface area contributed by atoms with E-state index < -0.39 is 0 Å². The number of unbranched alkanes of at least 4 members (excludes halogenated alkanes) is 3. The van der Waals surface area contributed by atoms with Crippen LogP contribution in [-0.2, 0) is 11.2 Å². The fraction of sp³-hybridized carbons (Fsp3) is 0.579. The number of rotatable bonds is 7. The largest absolute Gasteiger partial charge is 0.493 e. The van der Waals surface area contributed by atoms with Gasteiger partial charge in [-0.3, -0.25) is 9.59 Å². The van der Waals surface area contributed by atoms with Crippen molar-refractivity contribution in [3.63, 3.8) is 0 Å². The molecule has 0 aromatic heterocycles. The van der Waals surface area contributed by atoms with Gasteiger partial charge in [-0.1, -0.05) is 26.2 Å². The molecule has 23 heavy (non-hydrogen) atoms. The lowest BCUT2D eigenvalue weighted by atomic mass is 10.0. The Balaban J connectivity index is 2.11. The van der Waals surface area contributed by atoms with Crippen molar-refractivity contribution in [1.82, 2.24) is 0 Å². The van der Waals surface area contributed by atoms with Gasteiger partial charge in [0, 0.05) is 18.4 Å². The van der Waals surface area contributed by atoms with Gasteiger partial charge in [0.1, 0.15) is 0 Å². The summed E-state index contributed by atoms with van der Waals surface area (Å²) < 4.78 is 10.8. The third kappa shape index (κ3) is 4.81. The predicted octanol–water partition coefficient (Wildman–Crippen LogP) is 4.48. The number of Topliss-reactive ketones (excluding diaryl/α,β-unsaturated/α-hetero) is 1. The molecule has 0 radical (unpaired) electrons. The molecule has 126 valence electrons. The van der Waals surface area contributed by atoms with Crippen molar-refractivity contribution in [3.05, 3.63) is 23.3 Å². The van der Waals surface area contributed by atoms with Crippen LogP contribution in [0.5, 0.6) is 11.5 Å². The van der Waals surface area contributed by atoms with Crippen molar-refractivity contribution in [1.29, 1.82) is 0 Å². The maximum atomic E-state index is 12.2. The number of carbonyl (C=O) groups excluding carboxylic acids is 2. The zero-order chi connectivity index (χ0) is 16.7. The van der Waals surface area contributed by atoms with Crippen LogP contribution in [0.4, 0.5) is 0 Å². The molecule has 2 rings (SSSR count). The van der Waals surface area contributed by atoms with Gasteiger partial charge in [0.15, 0.2) is 17.3 Å². The molecule has 0 unspecified atom stereocenters. The summed E-state index contributed by atoms with van der Waals surface area (Å²) in [5.74, 6) is 0.753. The van der Waals surface area contributed by atoms with E-state index in [1.807, 2.05) is 6.07 Å². The van der Waals surface area contributed by atoms with Crippen molar-refractivity contribution in [2.75, 3.05) is 7.11 Å². The van der Waals surface area contributed by atoms with Gasteiger partial charge in [-0.15, -0.1) is 0 Å². The van der Waals surface area contributed by atoms with Gasteiger partial charge in [0.2, 0.25) is 0 Å². The van der Waals surface area contributed by atoms with Crippen LogP contribution in [0.25, 0.3) is 0 Å². The molecule has 0 spiro atoms. The van der Waals surface area contributed by atoms with Gasteiger partial charge in [0.05, 0.1) is 7.11 Å². The summed E-state index contributed by atoms with van der Waals surface area (Å²) in [6.45, 7) is 2.13. The van der Waals surface area contributed by atoms with Crippen LogP contribution >= 0.6 is 0 Å². The molecule has 1 aliphatic carbocycles. The first kappa shape index (κ1) is 17.5. The minimum Gasteiger partial charge on any atom is -0.493 e. The van der Waals surface area contributed by atoms with Gasteiger partial charge in [0.25, 0.3) is 0 Å². The molecule has 0 N–H and O–H groups in total. The normalized spacial score (nSPS) is 14.1. The maximum Gasteiger partial charge on any atom is 0.311 e. The molecule has 0 amide bonds. The first-order valence-corrected chi connectivity index (χ1v) is 8.60. The average Bonchev–Trinajstić information content (AvgIpc) is 2.72. The summed E-state index contributed by atoms with van der Waals surface area (Å²) in [5.41, 5.74) is 1.67. The number of hydrogen-bond donors (Lipinski definition) is 0. The smallest absolute Gasteiger partial charge is 0.311 e. The van der Waals surface area contributed by atoms with Crippen molar-refractivity contribution >= 4 is 11.8 Å². The number of carbonyl (C=O) groups is 2. The second kappa shape index (κ2) is 8.70. The number of ether oxygens (including phenoxy) is 2. The lowest BCUT2D eigenvalue weighted by molar-refractivity contribution is -0.134. The van der Waals surface area contributed by atoms with E-state index in [2.05, 4.69) is 6.92 Å². The van der Waals surface area contributed by atoms with E-state index in [-0.39, 0.29) is 11.8 Å². The molecule has 1 aliphatic rings. The number of fused-ring (bicyclic) bond motifs is 1. The van der Waals surface area contributed by atoms with Gasteiger partial charge in [-0.2, -0.15) is 0 Å². The monoisotopic (exact) mass is 318 g/mol. The maximum absolute atomic E-state index is 12.2. The molecule has 4 heteroatoms. The molecule has 0 heterocycles. The zero-order valence-electron chi connectivity index (χ0n) is 14.2. The van der Waals surface area contributed by atoms with E-state index in [1.54, 1.807) is 13.2 Å². The Labute approximate surface area is 138 Å². The van der Waals surface area contributed by atoms with Crippen LogP contribution in [0.3, 0.4) is 0 Å². The Morgan fingerprint density at radius 3 is 2.61 bits per heavy atom. The summed E-state index contributed by atoms with van der Waals surface area (Å²) in [5, 5.41) is 0. The fourth-order valence-electron chi connectivity index (χ4n) is 2.91. The molecule has 1 aromatic carbocycles. The number of aryl methyl sites for hydroxylation is 1. The van der Waals surface area contributed by atoms with E-state index in [4.69, 9.17) is 9.47 Å². The molecule has 0 fully saturated rings. The van der Waals surface area contributed by atoms with Crippen molar-refractivity contribution in [3.8, 4) is 11.5 Å². The van der Waals surface area contributed by atoms with Crippen molar-refractivity contribution in [2.45, 2.75) is 64.7 Å². The summed E-state index contributed by atoms with van der Waals surface area (Å²) in [4.78, 5) is 24.2. The number of ketones is 1. The molecule has 0 saturated heterocycles. The molecule has 0 atom stereocenters. The van der Waals surface area contributed by atoms with Gasteiger partial charge >= 0.3 is 5.97 Å². The SMILES string of the molecule is CCCCCCC(=O)Oc1cc2c(cc1OC)CCCCC2=O. The molecular weight excluding hydrogens is 292 g/mol. The highest BCUT2D eigenvalue weighted by Crippen LogP contribution is 2.34. The van der Waals surface area contributed by atoms with Gasteiger partial charge in [-0.25, -0.2) is 0 Å². The lowest BCUT2D eigenvalue weighted by Crippen LogP contribution is -2.10. The zero-order valence-corrected chi connectivity index (χ0v) is 14.2. The summed E-state index contributed by atoms with van der Waals surface area (Å²) in [6.07, 6.45) is 7.85. The molecular formula is C19H26O4. The van der Waals surface area contributed by atoms with Crippen LogP contribution in [0.1, 0.15) is 74.2 Å². The first-order valence-electron chi connectivity index (χ1n) is 8.60. The van der Waals surface area contributed by atoms with E-state index >= 15 is 0 Å². The standard InChI is InChI=1S/C19H26O4/c1-3-4-5-6-11-19(21)23-18-13-15-14(12-17(18)22-2)9-7-8-10-16(15)20/h12-13H,3-11H2,1-2H3. The van der Waals surface area contributed by atoms with E-state index in [0.717, 1.165) is 50.5 Å². The van der Waals surface area contributed by atoms with Crippen molar-refractivity contribution < 1.29 is 19.1 Å². The van der Waals surface area contributed by atoms with Gasteiger partial charge < -0.3 is 9.47 Å². The summed E-state index contributed by atoms with van der Waals surface area (Å²) in [7, 11) is 1.55. The Bertz CT molecular complexity index is 563. The highest BCUT2D eigenvalue weighted by atomic mass is 16.6.